The van der Waals surface area contributed by atoms with Crippen LogP contribution < -0.4 is 24.7 Å². The zero-order valence-corrected chi connectivity index (χ0v) is 20.1. The first kappa shape index (κ1) is 23.2. The molecule has 172 valence electrons. The summed E-state index contributed by atoms with van der Waals surface area (Å²) in [4.78, 5) is 12.3. The number of halogens is 1. The van der Waals surface area contributed by atoms with Crippen molar-refractivity contribution in [3.8, 4) is 29.1 Å². The number of ether oxygens (including phenoxy) is 4. The Morgan fingerprint density at radius 1 is 1.12 bits per heavy atom. The van der Waals surface area contributed by atoms with Gasteiger partial charge in [-0.25, -0.2) is 4.79 Å². The third-order valence-corrected chi connectivity index (χ3v) is 5.86. The highest BCUT2D eigenvalue weighted by Gasteiger charge is 2.33. The Balaban J connectivity index is 1.61. The third-order valence-electron chi connectivity index (χ3n) is 5.36. The Hall–Kier alpha value is -3.96. The normalized spacial score (nSPS) is 14.5. The number of allylic oxidation sites excluding steroid dienone is 1. The molecule has 3 aromatic carbocycles. The molecule has 1 heterocycles. The molecule has 4 rings (SSSR count). The lowest BCUT2D eigenvalue weighted by Gasteiger charge is -2.27. The number of para-hydroxylation sites is 1. The van der Waals surface area contributed by atoms with Gasteiger partial charge in [0.15, 0.2) is 6.61 Å². The molecule has 0 radical (unpaired) electrons. The van der Waals surface area contributed by atoms with Crippen LogP contribution in [0.1, 0.15) is 22.6 Å². The molecule has 1 unspecified atom stereocenters. The summed E-state index contributed by atoms with van der Waals surface area (Å²) in [6.45, 7) is 1.65. The summed E-state index contributed by atoms with van der Waals surface area (Å²) in [5.74, 6) is 0.763. The van der Waals surface area contributed by atoms with Crippen molar-refractivity contribution in [2.45, 2.75) is 12.8 Å². The molecule has 0 saturated carbocycles. The van der Waals surface area contributed by atoms with Crippen LogP contribution in [0.15, 0.2) is 76.6 Å². The highest BCUT2D eigenvalue weighted by Crippen LogP contribution is 2.46. The van der Waals surface area contributed by atoms with Crippen molar-refractivity contribution in [2.24, 2.45) is 5.73 Å². The largest absolute Gasteiger partial charge is 0.496 e. The fourth-order valence-corrected chi connectivity index (χ4v) is 4.14. The maximum absolute atomic E-state index is 12.3. The molecule has 0 fully saturated rings. The minimum atomic E-state index is -0.564. The molecular formula is C26H21BrN2O5. The van der Waals surface area contributed by atoms with Crippen molar-refractivity contribution < 1.29 is 23.7 Å². The van der Waals surface area contributed by atoms with Gasteiger partial charge in [-0.05, 0) is 42.8 Å². The quantitative estimate of drug-likeness (QED) is 0.361. The molecule has 0 aliphatic carbocycles. The lowest BCUT2D eigenvalue weighted by molar-refractivity contribution is -0.136. The van der Waals surface area contributed by atoms with Crippen molar-refractivity contribution >= 4 is 21.9 Å². The standard InChI is InChI=1S/C26H21BrN2O5/c1-15-5-3-4-6-21(15)32-14-24(30)33-17-8-9-18-23(12-17)34-26(29)20(13-28)25(18)19-11-16(27)7-10-22(19)31-2/h3-12,25H,14,29H2,1-2H3. The lowest BCUT2D eigenvalue weighted by atomic mass is 9.83. The Bertz CT molecular complexity index is 1330. The molecule has 0 amide bonds. The highest BCUT2D eigenvalue weighted by atomic mass is 79.9. The van der Waals surface area contributed by atoms with E-state index in [4.69, 9.17) is 24.7 Å². The van der Waals surface area contributed by atoms with E-state index >= 15 is 0 Å². The van der Waals surface area contributed by atoms with Crippen LogP contribution in [0.2, 0.25) is 0 Å². The molecule has 3 aromatic rings. The van der Waals surface area contributed by atoms with Crippen LogP contribution in [0.4, 0.5) is 0 Å². The van der Waals surface area contributed by atoms with Gasteiger partial charge in [0.05, 0.1) is 13.0 Å². The molecule has 0 bridgehead atoms. The van der Waals surface area contributed by atoms with Crippen molar-refractivity contribution in [3.63, 3.8) is 0 Å². The fraction of sp³-hybridized carbons (Fsp3) is 0.154. The number of nitrogens with two attached hydrogens (primary N) is 1. The number of carbonyl (C=O) groups excluding carboxylic acids is 1. The smallest absolute Gasteiger partial charge is 0.349 e. The van der Waals surface area contributed by atoms with Crippen LogP contribution >= 0.6 is 15.9 Å². The SMILES string of the molecule is COc1ccc(Br)cc1C1C(C#N)=C(N)Oc2cc(OC(=O)COc3ccccc3C)ccc21. The minimum absolute atomic E-state index is 0.0200. The number of esters is 1. The molecule has 7 nitrogen and oxygen atoms in total. The number of nitrogens with zero attached hydrogens (tertiary/aromatic N) is 1. The maximum atomic E-state index is 12.3. The molecule has 34 heavy (non-hydrogen) atoms. The Morgan fingerprint density at radius 2 is 1.91 bits per heavy atom. The van der Waals surface area contributed by atoms with Crippen molar-refractivity contribution in [1.29, 1.82) is 5.26 Å². The van der Waals surface area contributed by atoms with Gasteiger partial charge in [-0.3, -0.25) is 0 Å². The van der Waals surface area contributed by atoms with E-state index < -0.39 is 11.9 Å². The van der Waals surface area contributed by atoms with Gasteiger partial charge in [0.2, 0.25) is 5.88 Å². The van der Waals surface area contributed by atoms with Crippen molar-refractivity contribution in [2.75, 3.05) is 13.7 Å². The molecular weight excluding hydrogens is 500 g/mol. The fourth-order valence-electron chi connectivity index (χ4n) is 3.77. The molecule has 0 aromatic heterocycles. The second-order valence-corrected chi connectivity index (χ2v) is 8.45. The molecule has 1 atom stereocenters. The summed E-state index contributed by atoms with van der Waals surface area (Å²) in [7, 11) is 1.56. The van der Waals surface area contributed by atoms with Crippen LogP contribution in [-0.4, -0.2) is 19.7 Å². The summed E-state index contributed by atoms with van der Waals surface area (Å²) in [5.41, 5.74) is 8.72. The van der Waals surface area contributed by atoms with Gasteiger partial charge < -0.3 is 24.7 Å². The van der Waals surface area contributed by atoms with Gasteiger partial charge in [-0.1, -0.05) is 40.2 Å². The van der Waals surface area contributed by atoms with E-state index in [-0.39, 0.29) is 23.8 Å². The van der Waals surface area contributed by atoms with Crippen LogP contribution in [0.5, 0.6) is 23.0 Å². The van der Waals surface area contributed by atoms with E-state index in [0.29, 0.717) is 22.8 Å². The van der Waals surface area contributed by atoms with E-state index in [1.807, 2.05) is 43.3 Å². The molecule has 1 aliphatic rings. The maximum Gasteiger partial charge on any atom is 0.349 e. The topological polar surface area (TPSA) is 104 Å². The molecule has 2 N–H and O–H groups in total. The highest BCUT2D eigenvalue weighted by molar-refractivity contribution is 9.10. The van der Waals surface area contributed by atoms with Crippen LogP contribution in [0.25, 0.3) is 0 Å². The Labute approximate surface area is 205 Å². The number of hydrogen-bond donors (Lipinski definition) is 1. The second-order valence-electron chi connectivity index (χ2n) is 7.54. The van der Waals surface area contributed by atoms with Crippen LogP contribution in [0, 0.1) is 18.3 Å². The number of benzene rings is 3. The number of carbonyl (C=O) groups is 1. The number of hydrogen-bond acceptors (Lipinski definition) is 7. The summed E-state index contributed by atoms with van der Waals surface area (Å²) >= 11 is 3.48. The molecule has 8 heteroatoms. The van der Waals surface area contributed by atoms with E-state index in [0.717, 1.165) is 15.6 Å². The molecule has 0 spiro atoms. The van der Waals surface area contributed by atoms with Crippen LogP contribution in [-0.2, 0) is 4.79 Å². The predicted octanol–water partition coefficient (Wildman–Crippen LogP) is 4.97. The summed E-state index contributed by atoms with van der Waals surface area (Å²) in [5, 5.41) is 9.79. The first-order chi connectivity index (χ1) is 16.4. The number of methoxy groups -OCH3 is 1. The zero-order chi connectivity index (χ0) is 24.2. The predicted molar refractivity (Wildman–Crippen MR) is 129 cm³/mol. The number of rotatable bonds is 6. The summed E-state index contributed by atoms with van der Waals surface area (Å²) in [6, 6.07) is 20.0. The minimum Gasteiger partial charge on any atom is -0.496 e. The van der Waals surface area contributed by atoms with Gasteiger partial charge >= 0.3 is 5.97 Å². The number of aryl methyl sites for hydroxylation is 1. The number of nitriles is 1. The van der Waals surface area contributed by atoms with Crippen molar-refractivity contribution in [3.05, 3.63) is 93.3 Å². The van der Waals surface area contributed by atoms with Crippen molar-refractivity contribution in [1.82, 2.24) is 0 Å². The zero-order valence-electron chi connectivity index (χ0n) is 18.5. The first-order valence-corrected chi connectivity index (χ1v) is 11.1. The lowest BCUT2D eigenvalue weighted by Crippen LogP contribution is -2.22. The molecule has 0 saturated heterocycles. The molecule has 1 aliphatic heterocycles. The average Bonchev–Trinajstić information content (AvgIpc) is 2.82. The van der Waals surface area contributed by atoms with E-state index in [1.54, 1.807) is 31.4 Å². The van der Waals surface area contributed by atoms with E-state index in [1.165, 1.54) is 0 Å². The summed E-state index contributed by atoms with van der Waals surface area (Å²) < 4.78 is 23.1. The van der Waals surface area contributed by atoms with Gasteiger partial charge in [-0.15, -0.1) is 0 Å². The monoisotopic (exact) mass is 520 g/mol. The average molecular weight is 521 g/mol. The van der Waals surface area contributed by atoms with Gasteiger partial charge in [0, 0.05) is 21.7 Å². The van der Waals surface area contributed by atoms with Gasteiger partial charge in [-0.2, -0.15) is 5.26 Å². The summed E-state index contributed by atoms with van der Waals surface area (Å²) in [6.07, 6.45) is 0. The van der Waals surface area contributed by atoms with E-state index in [2.05, 4.69) is 22.0 Å². The Kier molecular flexibility index (Phi) is 6.75. The van der Waals surface area contributed by atoms with Gasteiger partial charge in [0.1, 0.15) is 34.6 Å². The van der Waals surface area contributed by atoms with Gasteiger partial charge in [0.25, 0.3) is 0 Å². The third kappa shape index (κ3) is 4.70. The Morgan fingerprint density at radius 3 is 2.65 bits per heavy atom. The second kappa shape index (κ2) is 9.89. The first-order valence-electron chi connectivity index (χ1n) is 10.4. The van der Waals surface area contributed by atoms with E-state index in [9.17, 15) is 10.1 Å². The number of fused-ring (bicyclic) bond motifs is 1. The van der Waals surface area contributed by atoms with Crippen LogP contribution in [0.3, 0.4) is 0 Å².